The standard InChI is InChI=1S/C17H37IO2Si2/c1-9-10-11-12-14-17(2,20-22(6,7)8)16(13-15-18)19-21(3,4)5/h13,15-16H,9-12,14H2,1-8H3. The van der Waals surface area contributed by atoms with Gasteiger partial charge in [-0.05, 0) is 62.8 Å². The van der Waals surface area contributed by atoms with Gasteiger partial charge in [0.25, 0.3) is 0 Å². The third-order valence-electron chi connectivity index (χ3n) is 3.40. The molecule has 0 N–H and O–H groups in total. The zero-order chi connectivity index (χ0) is 17.4. The molecule has 0 saturated heterocycles. The highest BCUT2D eigenvalue weighted by molar-refractivity contribution is 14.1. The third kappa shape index (κ3) is 10.6. The maximum atomic E-state index is 6.65. The lowest BCUT2D eigenvalue weighted by atomic mass is 9.92. The van der Waals surface area contributed by atoms with Crippen LogP contribution in [0.4, 0.5) is 0 Å². The molecule has 0 aromatic carbocycles. The van der Waals surface area contributed by atoms with E-state index in [-0.39, 0.29) is 11.7 Å². The van der Waals surface area contributed by atoms with Crippen molar-refractivity contribution in [3.8, 4) is 0 Å². The highest BCUT2D eigenvalue weighted by Gasteiger charge is 2.40. The molecule has 2 unspecified atom stereocenters. The van der Waals surface area contributed by atoms with Crippen LogP contribution in [0.3, 0.4) is 0 Å². The van der Waals surface area contributed by atoms with Gasteiger partial charge in [-0.1, -0.05) is 55.2 Å². The molecule has 0 radical (unpaired) electrons. The fourth-order valence-corrected chi connectivity index (χ4v) is 5.75. The average Bonchev–Trinajstić information content (AvgIpc) is 2.30. The second kappa shape index (κ2) is 9.96. The van der Waals surface area contributed by atoms with Gasteiger partial charge in [0.15, 0.2) is 16.6 Å². The van der Waals surface area contributed by atoms with E-state index in [0.29, 0.717) is 0 Å². The van der Waals surface area contributed by atoms with Crippen molar-refractivity contribution < 1.29 is 8.85 Å². The van der Waals surface area contributed by atoms with Gasteiger partial charge in [-0.15, -0.1) is 0 Å². The van der Waals surface area contributed by atoms with Crippen molar-refractivity contribution in [2.75, 3.05) is 0 Å². The van der Waals surface area contributed by atoms with E-state index >= 15 is 0 Å². The quantitative estimate of drug-likeness (QED) is 0.195. The van der Waals surface area contributed by atoms with Crippen LogP contribution in [-0.4, -0.2) is 28.3 Å². The monoisotopic (exact) mass is 456 g/mol. The topological polar surface area (TPSA) is 18.5 Å². The summed E-state index contributed by atoms with van der Waals surface area (Å²) in [5.41, 5.74) is -0.208. The molecule has 0 spiro atoms. The first-order valence-electron chi connectivity index (χ1n) is 8.58. The minimum Gasteiger partial charge on any atom is -0.409 e. The van der Waals surface area contributed by atoms with Crippen molar-refractivity contribution >= 4 is 39.2 Å². The third-order valence-corrected chi connectivity index (χ3v) is 5.85. The fourth-order valence-electron chi connectivity index (χ4n) is 2.67. The number of hydrogen-bond acceptors (Lipinski definition) is 2. The van der Waals surface area contributed by atoms with E-state index in [1.807, 2.05) is 0 Å². The lowest BCUT2D eigenvalue weighted by Crippen LogP contribution is -2.52. The van der Waals surface area contributed by atoms with Crippen LogP contribution in [-0.2, 0) is 8.85 Å². The zero-order valence-electron chi connectivity index (χ0n) is 16.0. The maximum absolute atomic E-state index is 6.65. The van der Waals surface area contributed by atoms with E-state index in [1.165, 1.54) is 25.7 Å². The molecule has 132 valence electrons. The minimum absolute atomic E-state index is 0.0596. The summed E-state index contributed by atoms with van der Waals surface area (Å²) in [6.07, 6.45) is 8.42. The first-order valence-corrected chi connectivity index (χ1v) is 16.6. The molecule has 0 heterocycles. The van der Waals surface area contributed by atoms with Crippen LogP contribution >= 0.6 is 22.6 Å². The normalized spacial score (nSPS) is 17.7. The first-order chi connectivity index (χ1) is 9.93. The number of rotatable bonds is 11. The molecule has 0 bridgehead atoms. The summed E-state index contributed by atoms with van der Waals surface area (Å²) >= 11 is 2.29. The molecule has 0 aromatic rings. The fraction of sp³-hybridized carbons (Fsp3) is 0.882. The van der Waals surface area contributed by atoms with E-state index < -0.39 is 16.6 Å². The Kier molecular flexibility index (Phi) is 10.3. The van der Waals surface area contributed by atoms with Gasteiger partial charge in [0.2, 0.25) is 0 Å². The van der Waals surface area contributed by atoms with E-state index in [0.717, 1.165) is 6.42 Å². The minimum atomic E-state index is -1.63. The highest BCUT2D eigenvalue weighted by Crippen LogP contribution is 2.32. The predicted molar refractivity (Wildman–Crippen MR) is 113 cm³/mol. The molecule has 5 heteroatoms. The van der Waals surface area contributed by atoms with Gasteiger partial charge in [-0.3, -0.25) is 0 Å². The molecule has 0 amide bonds. The van der Waals surface area contributed by atoms with Crippen molar-refractivity contribution in [3.05, 3.63) is 10.2 Å². The Hall–Kier alpha value is 0.824. The summed E-state index contributed by atoms with van der Waals surface area (Å²) in [4.78, 5) is 0. The van der Waals surface area contributed by atoms with Gasteiger partial charge in [-0.2, -0.15) is 0 Å². The Morgan fingerprint density at radius 2 is 1.59 bits per heavy atom. The molecule has 22 heavy (non-hydrogen) atoms. The molecule has 0 rings (SSSR count). The van der Waals surface area contributed by atoms with Crippen LogP contribution in [0.25, 0.3) is 0 Å². The van der Waals surface area contributed by atoms with E-state index in [2.05, 4.69) is 85.9 Å². The van der Waals surface area contributed by atoms with Crippen molar-refractivity contribution in [2.45, 2.75) is 96.9 Å². The van der Waals surface area contributed by atoms with Gasteiger partial charge in [0.1, 0.15) is 0 Å². The maximum Gasteiger partial charge on any atom is 0.184 e. The molecular weight excluding hydrogens is 419 g/mol. The first kappa shape index (κ1) is 22.8. The lowest BCUT2D eigenvalue weighted by molar-refractivity contribution is -0.0214. The molecule has 2 nitrogen and oxygen atoms in total. The summed E-state index contributed by atoms with van der Waals surface area (Å²) in [5.74, 6) is 0. The Labute approximate surface area is 154 Å². The van der Waals surface area contributed by atoms with Crippen LogP contribution in [0.2, 0.25) is 39.3 Å². The van der Waals surface area contributed by atoms with Crippen molar-refractivity contribution in [1.82, 2.24) is 0 Å². The van der Waals surface area contributed by atoms with E-state index in [4.69, 9.17) is 8.85 Å². The Morgan fingerprint density at radius 1 is 1.00 bits per heavy atom. The largest absolute Gasteiger partial charge is 0.409 e. The molecule has 0 aliphatic heterocycles. The molecule has 0 aliphatic carbocycles. The van der Waals surface area contributed by atoms with Crippen LogP contribution in [0.15, 0.2) is 10.2 Å². The molecule has 0 aliphatic rings. The number of halogens is 1. The summed E-state index contributed by atoms with van der Waals surface area (Å²) in [7, 11) is -3.25. The highest BCUT2D eigenvalue weighted by atomic mass is 127. The Bertz CT molecular complexity index is 335. The summed E-state index contributed by atoms with van der Waals surface area (Å²) < 4.78 is 15.2. The molecule has 0 aromatic heterocycles. The second-order valence-corrected chi connectivity index (χ2v) is 17.9. The average molecular weight is 457 g/mol. The number of hydrogen-bond donors (Lipinski definition) is 0. The number of unbranched alkanes of at least 4 members (excludes halogenated alkanes) is 3. The van der Waals surface area contributed by atoms with Crippen LogP contribution in [0.5, 0.6) is 0 Å². The zero-order valence-corrected chi connectivity index (χ0v) is 20.1. The Morgan fingerprint density at radius 3 is 2.00 bits per heavy atom. The smallest absolute Gasteiger partial charge is 0.184 e. The van der Waals surface area contributed by atoms with Crippen molar-refractivity contribution in [1.29, 1.82) is 0 Å². The van der Waals surface area contributed by atoms with Crippen LogP contribution < -0.4 is 0 Å². The molecule has 0 saturated carbocycles. The van der Waals surface area contributed by atoms with Crippen molar-refractivity contribution in [2.24, 2.45) is 0 Å². The summed E-state index contributed by atoms with van der Waals surface area (Å²) in [5, 5.41) is 0. The van der Waals surface area contributed by atoms with Gasteiger partial charge in [0.05, 0.1) is 11.7 Å². The lowest BCUT2D eigenvalue weighted by Gasteiger charge is -2.43. The van der Waals surface area contributed by atoms with Gasteiger partial charge in [-0.25, -0.2) is 0 Å². The Balaban J connectivity index is 5.20. The molecular formula is C17H37IO2Si2. The van der Waals surface area contributed by atoms with Gasteiger partial charge < -0.3 is 8.85 Å². The van der Waals surface area contributed by atoms with Crippen LogP contribution in [0.1, 0.15) is 46.0 Å². The van der Waals surface area contributed by atoms with Crippen molar-refractivity contribution in [3.63, 3.8) is 0 Å². The summed E-state index contributed by atoms with van der Waals surface area (Å²) in [6, 6.07) is 0. The van der Waals surface area contributed by atoms with E-state index in [1.54, 1.807) is 0 Å². The van der Waals surface area contributed by atoms with Gasteiger partial charge in [0, 0.05) is 0 Å². The molecule has 0 fully saturated rings. The van der Waals surface area contributed by atoms with Gasteiger partial charge >= 0.3 is 0 Å². The predicted octanol–water partition coefficient (Wildman–Crippen LogP) is 6.74. The van der Waals surface area contributed by atoms with E-state index in [9.17, 15) is 0 Å². The second-order valence-electron chi connectivity index (χ2n) is 8.31. The molecule has 2 atom stereocenters. The SMILES string of the molecule is CCCCCCC(C)(O[Si](C)(C)C)C(C=CI)O[Si](C)(C)C. The van der Waals surface area contributed by atoms with Crippen LogP contribution in [0, 0.1) is 0 Å². The summed E-state index contributed by atoms with van der Waals surface area (Å²) in [6.45, 7) is 18.1.